The SMILES string of the molecule is C[C@@]12C=CCO[C@H]1c1ccccc1CC2. The molecule has 0 fully saturated rings. The molecule has 0 aromatic heterocycles. The number of benzene rings is 1. The van der Waals surface area contributed by atoms with E-state index in [1.165, 1.54) is 24.0 Å². The molecule has 1 nitrogen and oxygen atoms in total. The summed E-state index contributed by atoms with van der Waals surface area (Å²) in [4.78, 5) is 0. The molecule has 0 radical (unpaired) electrons. The molecule has 2 atom stereocenters. The van der Waals surface area contributed by atoms with E-state index in [4.69, 9.17) is 4.74 Å². The van der Waals surface area contributed by atoms with Crippen LogP contribution in [-0.4, -0.2) is 6.61 Å². The van der Waals surface area contributed by atoms with Crippen molar-refractivity contribution < 1.29 is 4.74 Å². The van der Waals surface area contributed by atoms with Gasteiger partial charge < -0.3 is 4.74 Å². The largest absolute Gasteiger partial charge is 0.369 e. The number of fused-ring (bicyclic) bond motifs is 3. The van der Waals surface area contributed by atoms with Crippen LogP contribution < -0.4 is 0 Å². The quantitative estimate of drug-likeness (QED) is 0.584. The number of hydrogen-bond acceptors (Lipinski definition) is 1. The van der Waals surface area contributed by atoms with Crippen LogP contribution in [0.1, 0.15) is 30.6 Å². The Labute approximate surface area is 90.8 Å². The summed E-state index contributed by atoms with van der Waals surface area (Å²) in [6.45, 7) is 3.07. The second-order valence-corrected chi connectivity index (χ2v) is 4.82. The Kier molecular flexibility index (Phi) is 1.96. The van der Waals surface area contributed by atoms with Gasteiger partial charge in [0.05, 0.1) is 12.7 Å². The molecule has 1 aliphatic carbocycles. The van der Waals surface area contributed by atoms with E-state index in [-0.39, 0.29) is 11.5 Å². The zero-order valence-electron chi connectivity index (χ0n) is 9.07. The second-order valence-electron chi connectivity index (χ2n) is 4.82. The zero-order valence-corrected chi connectivity index (χ0v) is 9.07. The maximum atomic E-state index is 5.92. The summed E-state index contributed by atoms with van der Waals surface area (Å²) in [6.07, 6.45) is 7.15. The van der Waals surface area contributed by atoms with Gasteiger partial charge in [-0.3, -0.25) is 0 Å². The van der Waals surface area contributed by atoms with Crippen LogP contribution in [0, 0.1) is 5.41 Å². The minimum Gasteiger partial charge on any atom is -0.369 e. The summed E-state index contributed by atoms with van der Waals surface area (Å²) < 4.78 is 5.92. The van der Waals surface area contributed by atoms with Gasteiger partial charge in [0.25, 0.3) is 0 Å². The van der Waals surface area contributed by atoms with Crippen LogP contribution in [-0.2, 0) is 11.2 Å². The molecule has 0 saturated carbocycles. The lowest BCUT2D eigenvalue weighted by atomic mass is 9.69. The molecule has 1 aromatic rings. The van der Waals surface area contributed by atoms with Crippen molar-refractivity contribution in [3.05, 3.63) is 47.5 Å². The van der Waals surface area contributed by atoms with Gasteiger partial charge >= 0.3 is 0 Å². The van der Waals surface area contributed by atoms with Crippen molar-refractivity contribution in [3.63, 3.8) is 0 Å². The smallest absolute Gasteiger partial charge is 0.0919 e. The molecule has 0 N–H and O–H groups in total. The standard InChI is InChI=1S/C14H16O/c1-14-8-4-10-15-13(14)12-6-3-2-5-11(12)7-9-14/h2-6,8,13H,7,9-10H2,1H3/t13-,14-/m0/s1. The van der Waals surface area contributed by atoms with Crippen molar-refractivity contribution in [1.29, 1.82) is 0 Å². The van der Waals surface area contributed by atoms with E-state index < -0.39 is 0 Å². The molecular weight excluding hydrogens is 184 g/mol. The van der Waals surface area contributed by atoms with Gasteiger partial charge in [0.1, 0.15) is 0 Å². The molecule has 1 aromatic carbocycles. The van der Waals surface area contributed by atoms with Crippen molar-refractivity contribution in [2.24, 2.45) is 5.41 Å². The minimum atomic E-state index is 0.215. The van der Waals surface area contributed by atoms with Crippen molar-refractivity contribution >= 4 is 0 Å². The highest BCUT2D eigenvalue weighted by Gasteiger charge is 2.39. The number of ether oxygens (including phenoxy) is 1. The Hall–Kier alpha value is -1.08. The van der Waals surface area contributed by atoms with Crippen LogP contribution in [0.3, 0.4) is 0 Å². The Morgan fingerprint density at radius 1 is 1.33 bits per heavy atom. The fourth-order valence-corrected chi connectivity index (χ4v) is 2.83. The molecule has 0 spiro atoms. The molecule has 0 unspecified atom stereocenters. The van der Waals surface area contributed by atoms with Crippen LogP contribution in [0.15, 0.2) is 36.4 Å². The van der Waals surface area contributed by atoms with E-state index in [2.05, 4.69) is 43.3 Å². The maximum Gasteiger partial charge on any atom is 0.0919 e. The van der Waals surface area contributed by atoms with Crippen molar-refractivity contribution in [2.75, 3.05) is 6.61 Å². The Bertz CT molecular complexity index is 408. The zero-order chi connectivity index (χ0) is 10.3. The van der Waals surface area contributed by atoms with Gasteiger partial charge in [-0.25, -0.2) is 0 Å². The summed E-state index contributed by atoms with van der Waals surface area (Å²) in [5.41, 5.74) is 3.08. The molecule has 1 heteroatoms. The fraction of sp³-hybridized carbons (Fsp3) is 0.429. The monoisotopic (exact) mass is 200 g/mol. The van der Waals surface area contributed by atoms with Gasteiger partial charge in [0, 0.05) is 5.41 Å². The van der Waals surface area contributed by atoms with Gasteiger partial charge in [-0.1, -0.05) is 43.3 Å². The van der Waals surface area contributed by atoms with E-state index in [0.717, 1.165) is 6.61 Å². The van der Waals surface area contributed by atoms with Crippen LogP contribution in [0.2, 0.25) is 0 Å². The Morgan fingerprint density at radius 2 is 2.20 bits per heavy atom. The first-order valence-electron chi connectivity index (χ1n) is 5.67. The molecule has 0 amide bonds. The summed E-state index contributed by atoms with van der Waals surface area (Å²) in [5.74, 6) is 0. The normalized spacial score (nSPS) is 33.3. The Morgan fingerprint density at radius 3 is 3.13 bits per heavy atom. The molecule has 3 rings (SSSR count). The molecule has 1 aliphatic heterocycles. The first kappa shape index (κ1) is 9.17. The molecule has 0 bridgehead atoms. The second kappa shape index (κ2) is 3.21. The highest BCUT2D eigenvalue weighted by atomic mass is 16.5. The van der Waals surface area contributed by atoms with Crippen LogP contribution >= 0.6 is 0 Å². The van der Waals surface area contributed by atoms with Gasteiger partial charge in [-0.15, -0.1) is 0 Å². The average molecular weight is 200 g/mol. The highest BCUT2D eigenvalue weighted by Crippen LogP contribution is 2.48. The lowest BCUT2D eigenvalue weighted by Gasteiger charge is -2.42. The maximum absolute atomic E-state index is 5.92. The van der Waals surface area contributed by atoms with Crippen LogP contribution in [0.25, 0.3) is 0 Å². The lowest BCUT2D eigenvalue weighted by Crippen LogP contribution is -2.33. The number of hydrogen-bond donors (Lipinski definition) is 0. The molecule has 78 valence electrons. The third-order valence-electron chi connectivity index (χ3n) is 3.73. The minimum absolute atomic E-state index is 0.215. The summed E-state index contributed by atoms with van der Waals surface area (Å²) >= 11 is 0. The summed E-state index contributed by atoms with van der Waals surface area (Å²) in [5, 5.41) is 0. The van der Waals surface area contributed by atoms with Crippen LogP contribution in [0.5, 0.6) is 0 Å². The molecular formula is C14H16O. The highest BCUT2D eigenvalue weighted by molar-refractivity contribution is 5.35. The number of aryl methyl sites for hydroxylation is 1. The van der Waals surface area contributed by atoms with Crippen LogP contribution in [0.4, 0.5) is 0 Å². The third kappa shape index (κ3) is 1.34. The summed E-state index contributed by atoms with van der Waals surface area (Å²) in [6, 6.07) is 8.69. The predicted molar refractivity (Wildman–Crippen MR) is 60.7 cm³/mol. The molecule has 2 aliphatic rings. The van der Waals surface area contributed by atoms with Gasteiger partial charge in [-0.2, -0.15) is 0 Å². The third-order valence-corrected chi connectivity index (χ3v) is 3.73. The Balaban J connectivity index is 2.10. The first-order chi connectivity index (χ1) is 7.30. The van der Waals surface area contributed by atoms with E-state index in [1.807, 2.05) is 0 Å². The van der Waals surface area contributed by atoms with Gasteiger partial charge in [0.15, 0.2) is 0 Å². The van der Waals surface area contributed by atoms with Gasteiger partial charge in [-0.05, 0) is 24.0 Å². The predicted octanol–water partition coefficient (Wildman–Crippen LogP) is 3.27. The summed E-state index contributed by atoms with van der Waals surface area (Å²) in [7, 11) is 0. The van der Waals surface area contributed by atoms with E-state index >= 15 is 0 Å². The lowest BCUT2D eigenvalue weighted by molar-refractivity contribution is -0.0221. The first-order valence-corrected chi connectivity index (χ1v) is 5.67. The topological polar surface area (TPSA) is 9.23 Å². The van der Waals surface area contributed by atoms with E-state index in [0.29, 0.717) is 0 Å². The molecule has 15 heavy (non-hydrogen) atoms. The molecule has 1 heterocycles. The van der Waals surface area contributed by atoms with E-state index in [9.17, 15) is 0 Å². The van der Waals surface area contributed by atoms with Crippen molar-refractivity contribution in [1.82, 2.24) is 0 Å². The fourth-order valence-electron chi connectivity index (χ4n) is 2.83. The number of rotatable bonds is 0. The average Bonchev–Trinajstić information content (AvgIpc) is 2.28. The van der Waals surface area contributed by atoms with Crippen molar-refractivity contribution in [3.8, 4) is 0 Å². The van der Waals surface area contributed by atoms with E-state index in [1.54, 1.807) is 0 Å². The van der Waals surface area contributed by atoms with Crippen molar-refractivity contribution in [2.45, 2.75) is 25.9 Å². The molecule has 0 saturated heterocycles. The van der Waals surface area contributed by atoms with Gasteiger partial charge in [0.2, 0.25) is 0 Å².